The summed E-state index contributed by atoms with van der Waals surface area (Å²) in [6.45, 7) is 7.57. The first-order valence-electron chi connectivity index (χ1n) is 8.44. The van der Waals surface area contributed by atoms with Crippen molar-refractivity contribution in [2.24, 2.45) is 17.6 Å². The number of rotatable bonds is 4. The number of hydrogen-bond acceptors (Lipinski definition) is 6. The van der Waals surface area contributed by atoms with E-state index in [1.165, 1.54) is 0 Å². The van der Waals surface area contributed by atoms with Crippen molar-refractivity contribution in [2.45, 2.75) is 39.2 Å². The van der Waals surface area contributed by atoms with Crippen molar-refractivity contribution in [3.05, 3.63) is 17.7 Å². The van der Waals surface area contributed by atoms with Crippen molar-refractivity contribution < 1.29 is 9.53 Å². The molecule has 0 radical (unpaired) electrons. The molecule has 0 unspecified atom stereocenters. The van der Waals surface area contributed by atoms with Gasteiger partial charge in [0.05, 0.1) is 22.6 Å². The highest BCUT2D eigenvalue weighted by atomic mass is 16.6. The zero-order valence-corrected chi connectivity index (χ0v) is 15.1. The molecule has 7 nitrogen and oxygen atoms in total. The van der Waals surface area contributed by atoms with E-state index in [0.29, 0.717) is 35.2 Å². The van der Waals surface area contributed by atoms with E-state index in [1.807, 2.05) is 26.0 Å². The zero-order chi connectivity index (χ0) is 18.8. The van der Waals surface area contributed by atoms with Gasteiger partial charge in [-0.2, -0.15) is 5.26 Å². The van der Waals surface area contributed by atoms with E-state index in [4.69, 9.17) is 27.2 Å². The van der Waals surface area contributed by atoms with Crippen LogP contribution in [0, 0.1) is 23.2 Å². The average Bonchev–Trinajstić information content (AvgIpc) is 2.47. The lowest BCUT2D eigenvalue weighted by molar-refractivity contribution is 0.0229. The molecule has 6 N–H and O–H groups in total. The molecule has 2 rings (SSSR count). The maximum atomic E-state index is 11.1. The molecule has 0 aliphatic carbocycles. The molecule has 136 valence electrons. The lowest BCUT2D eigenvalue weighted by atomic mass is 9.83. The molecule has 0 aromatic heterocycles. The van der Waals surface area contributed by atoms with Crippen LogP contribution in [0.4, 0.5) is 21.9 Å². The number of amides is 1. The van der Waals surface area contributed by atoms with Crippen LogP contribution in [0.2, 0.25) is 0 Å². The second-order valence-electron chi connectivity index (χ2n) is 7.57. The molecule has 1 saturated heterocycles. The minimum atomic E-state index is -0.755. The summed E-state index contributed by atoms with van der Waals surface area (Å²) in [5.41, 5.74) is 18.7. The van der Waals surface area contributed by atoms with Gasteiger partial charge in [-0.05, 0) is 50.7 Å². The van der Waals surface area contributed by atoms with E-state index in [0.717, 1.165) is 25.2 Å². The van der Waals surface area contributed by atoms with Crippen LogP contribution < -0.4 is 22.1 Å². The molecule has 0 spiro atoms. The molecule has 1 heterocycles. The van der Waals surface area contributed by atoms with E-state index < -0.39 is 11.7 Å². The van der Waals surface area contributed by atoms with E-state index in [2.05, 4.69) is 11.8 Å². The number of nitrogens with two attached hydrogens (primary N) is 3. The molecule has 0 bridgehead atoms. The van der Waals surface area contributed by atoms with Gasteiger partial charge in [0.15, 0.2) is 0 Å². The van der Waals surface area contributed by atoms with Gasteiger partial charge in [-0.3, -0.25) is 0 Å². The molecule has 0 saturated carbocycles. The summed E-state index contributed by atoms with van der Waals surface area (Å²) in [6, 6.07) is 5.60. The molecule has 1 aromatic rings. The smallest absolute Gasteiger partial charge is 0.405 e. The van der Waals surface area contributed by atoms with E-state index in [9.17, 15) is 4.79 Å². The maximum absolute atomic E-state index is 11.1. The summed E-state index contributed by atoms with van der Waals surface area (Å²) in [6.07, 6.45) is 0.991. The highest BCUT2D eigenvalue weighted by molar-refractivity contribution is 5.83. The van der Waals surface area contributed by atoms with Crippen molar-refractivity contribution in [2.75, 3.05) is 29.5 Å². The molecule has 1 amide bonds. The Balaban J connectivity index is 2.20. The largest absolute Gasteiger partial charge is 0.444 e. The molecule has 1 fully saturated rings. The number of nitriles is 1. The number of carbonyl (C=O) groups excluding carboxylic acids is 1. The summed E-state index contributed by atoms with van der Waals surface area (Å²) < 4.78 is 5.23. The summed E-state index contributed by atoms with van der Waals surface area (Å²) in [5, 5.41) is 9.08. The number of carbonyl (C=O) groups is 1. The Bertz CT molecular complexity index is 695. The summed E-state index contributed by atoms with van der Waals surface area (Å²) in [5.74, 6) is 0.786. The lowest BCUT2D eigenvalue weighted by Crippen LogP contribution is -2.43. The Morgan fingerprint density at radius 1 is 1.36 bits per heavy atom. The molecular formula is C18H27N5O2. The van der Waals surface area contributed by atoms with E-state index in [-0.39, 0.29) is 0 Å². The van der Waals surface area contributed by atoms with E-state index in [1.54, 1.807) is 6.07 Å². The fraction of sp³-hybridized carbons (Fsp3) is 0.556. The van der Waals surface area contributed by atoms with Crippen LogP contribution in [-0.2, 0) is 4.74 Å². The average molecular weight is 345 g/mol. The van der Waals surface area contributed by atoms with Gasteiger partial charge in [-0.25, -0.2) is 4.79 Å². The Kier molecular flexibility index (Phi) is 5.31. The Morgan fingerprint density at radius 2 is 2.04 bits per heavy atom. The van der Waals surface area contributed by atoms with Crippen LogP contribution in [0.15, 0.2) is 12.1 Å². The predicted molar refractivity (Wildman–Crippen MR) is 98.8 cm³/mol. The number of hydrogen-bond donors (Lipinski definition) is 3. The number of ether oxygens (including phenoxy) is 1. The number of nitrogens with zero attached hydrogens (tertiary/aromatic N) is 2. The van der Waals surface area contributed by atoms with E-state index >= 15 is 0 Å². The van der Waals surface area contributed by atoms with Crippen LogP contribution in [0.1, 0.15) is 39.2 Å². The van der Waals surface area contributed by atoms with Gasteiger partial charge in [0.2, 0.25) is 0 Å². The minimum Gasteiger partial charge on any atom is -0.444 e. The van der Waals surface area contributed by atoms with Crippen LogP contribution in [0.5, 0.6) is 0 Å². The third-order valence-electron chi connectivity index (χ3n) is 4.63. The second kappa shape index (κ2) is 7.09. The van der Waals surface area contributed by atoms with Gasteiger partial charge in [0.25, 0.3) is 0 Å². The van der Waals surface area contributed by atoms with Crippen LogP contribution in [0.25, 0.3) is 0 Å². The van der Waals surface area contributed by atoms with Crippen LogP contribution >= 0.6 is 0 Å². The fourth-order valence-corrected chi connectivity index (χ4v) is 3.83. The number of anilines is 3. The van der Waals surface area contributed by atoms with Gasteiger partial charge in [0.1, 0.15) is 11.7 Å². The van der Waals surface area contributed by atoms with Crippen molar-refractivity contribution in [1.82, 2.24) is 0 Å². The number of primary amides is 1. The number of nitrogen functional groups attached to an aromatic ring is 2. The Morgan fingerprint density at radius 3 is 2.64 bits per heavy atom. The third kappa shape index (κ3) is 4.47. The molecule has 7 heteroatoms. The lowest BCUT2D eigenvalue weighted by Gasteiger charge is -2.41. The molecule has 1 aromatic carbocycles. The first-order chi connectivity index (χ1) is 11.6. The number of piperidine rings is 1. The first-order valence-corrected chi connectivity index (χ1v) is 8.44. The van der Waals surface area contributed by atoms with Crippen LogP contribution in [-0.4, -0.2) is 24.8 Å². The van der Waals surface area contributed by atoms with Crippen molar-refractivity contribution in [1.29, 1.82) is 5.26 Å². The van der Waals surface area contributed by atoms with Crippen LogP contribution in [0.3, 0.4) is 0 Å². The second-order valence-corrected chi connectivity index (χ2v) is 7.57. The maximum Gasteiger partial charge on any atom is 0.405 e. The van der Waals surface area contributed by atoms with Gasteiger partial charge in [-0.1, -0.05) is 6.92 Å². The van der Waals surface area contributed by atoms with Crippen molar-refractivity contribution in [3.8, 4) is 6.07 Å². The van der Waals surface area contributed by atoms with Crippen molar-refractivity contribution >= 4 is 23.2 Å². The van der Waals surface area contributed by atoms with Gasteiger partial charge >= 0.3 is 6.09 Å². The zero-order valence-electron chi connectivity index (χ0n) is 15.1. The van der Waals surface area contributed by atoms with Gasteiger partial charge < -0.3 is 26.8 Å². The summed E-state index contributed by atoms with van der Waals surface area (Å²) in [4.78, 5) is 13.3. The molecule has 2 atom stereocenters. The highest BCUT2D eigenvalue weighted by Crippen LogP contribution is 2.37. The molecular weight excluding hydrogens is 318 g/mol. The quantitative estimate of drug-likeness (QED) is 0.718. The fourth-order valence-electron chi connectivity index (χ4n) is 3.83. The SMILES string of the molecule is C[C@H]1C[C@H](CC(C)(C)OC(N)=O)CN(c2ccc(C#N)c(N)c2N)C1. The highest BCUT2D eigenvalue weighted by Gasteiger charge is 2.32. The van der Waals surface area contributed by atoms with Gasteiger partial charge in [-0.15, -0.1) is 0 Å². The standard InChI is InChI=1S/C18H27N5O2/c1-11-6-12(7-18(2,3)25-17(22)24)10-23(9-11)14-5-4-13(8-19)15(20)16(14)21/h4-5,11-12H,6-7,9-10,20-21H2,1-3H3,(H2,22,24)/t11-,12+/m0/s1. The van der Waals surface area contributed by atoms with Crippen molar-refractivity contribution in [3.63, 3.8) is 0 Å². The first kappa shape index (κ1) is 18.7. The summed E-state index contributed by atoms with van der Waals surface area (Å²) in [7, 11) is 0. The number of benzene rings is 1. The Hall–Kier alpha value is -2.62. The molecule has 1 aliphatic rings. The summed E-state index contributed by atoms with van der Waals surface area (Å²) >= 11 is 0. The predicted octanol–water partition coefficient (Wildman–Crippen LogP) is 2.45. The minimum absolute atomic E-state index is 0.326. The Labute approximate surface area is 148 Å². The normalized spacial score (nSPS) is 20.8. The monoisotopic (exact) mass is 345 g/mol. The molecule has 25 heavy (non-hydrogen) atoms. The third-order valence-corrected chi connectivity index (χ3v) is 4.63. The van der Waals surface area contributed by atoms with Gasteiger partial charge in [0, 0.05) is 13.1 Å². The molecule has 1 aliphatic heterocycles. The topological polar surface area (TPSA) is 131 Å².